The number of nitro groups is 1. The second-order valence-corrected chi connectivity index (χ2v) is 12.4. The Kier molecular flexibility index (Phi) is 9.30. The number of rotatable bonds is 8. The fourth-order valence-electron chi connectivity index (χ4n) is 6.07. The lowest BCUT2D eigenvalue weighted by Gasteiger charge is -2.53. The van der Waals surface area contributed by atoms with Crippen LogP contribution in [0.15, 0.2) is 65.8 Å². The summed E-state index contributed by atoms with van der Waals surface area (Å²) < 4.78 is 39.9. The molecular formula is C28H35N3O9S. The van der Waals surface area contributed by atoms with Crippen LogP contribution in [0.4, 0.5) is 10.5 Å². The number of carbonyl (C=O) groups is 2. The molecule has 1 aromatic carbocycles. The highest BCUT2D eigenvalue weighted by atomic mass is 32.2. The number of fused-ring (bicyclic) bond motifs is 1. The van der Waals surface area contributed by atoms with E-state index in [1.807, 2.05) is 6.08 Å². The van der Waals surface area contributed by atoms with Crippen LogP contribution in [-0.2, 0) is 24.3 Å². The summed E-state index contributed by atoms with van der Waals surface area (Å²) in [6.45, 7) is 3.87. The number of amides is 1. The Labute approximate surface area is 239 Å². The first-order valence-electron chi connectivity index (χ1n) is 13.5. The number of ketones is 1. The van der Waals surface area contributed by atoms with E-state index < -0.39 is 44.5 Å². The van der Waals surface area contributed by atoms with Crippen LogP contribution in [0, 0.1) is 21.4 Å². The SMILES string of the molecule is C=CCOC(=O)N1CC[C@H]2C(=O)C=C(OC)[C@@H](O)[C@@]2(C[C@@H]2/C=C\CCCCN2S(=O)(=O)c2ccc([N+](=O)[O-])cc2)C1. The molecule has 1 N–H and O–H groups in total. The molecule has 0 bridgehead atoms. The van der Waals surface area contributed by atoms with Gasteiger partial charge < -0.3 is 19.5 Å². The van der Waals surface area contributed by atoms with E-state index in [-0.39, 0.29) is 61.2 Å². The maximum atomic E-state index is 14.0. The van der Waals surface area contributed by atoms with E-state index in [1.54, 1.807) is 6.08 Å². The molecule has 1 saturated heterocycles. The highest BCUT2D eigenvalue weighted by Gasteiger charge is 2.57. The number of methoxy groups -OCH3 is 1. The number of benzene rings is 1. The number of hydrogen-bond acceptors (Lipinski definition) is 9. The van der Waals surface area contributed by atoms with Crippen LogP contribution >= 0.6 is 0 Å². The number of aliphatic hydroxyl groups excluding tert-OH is 1. The number of nitro benzene ring substituents is 1. The zero-order chi connectivity index (χ0) is 29.8. The van der Waals surface area contributed by atoms with Crippen LogP contribution in [0.2, 0.25) is 0 Å². The molecule has 222 valence electrons. The van der Waals surface area contributed by atoms with E-state index in [2.05, 4.69) is 6.58 Å². The summed E-state index contributed by atoms with van der Waals surface area (Å²) in [6.07, 6.45) is 6.75. The van der Waals surface area contributed by atoms with Crippen molar-refractivity contribution in [1.82, 2.24) is 9.21 Å². The third kappa shape index (κ3) is 6.07. The molecule has 1 fully saturated rings. The summed E-state index contributed by atoms with van der Waals surface area (Å²) in [5, 5.41) is 22.8. The van der Waals surface area contributed by atoms with Gasteiger partial charge in [-0.1, -0.05) is 24.8 Å². The molecule has 12 nitrogen and oxygen atoms in total. The van der Waals surface area contributed by atoms with Gasteiger partial charge in [-0.2, -0.15) is 4.31 Å². The van der Waals surface area contributed by atoms with Crippen molar-refractivity contribution in [3.63, 3.8) is 0 Å². The normalized spacial score (nSPS) is 28.0. The summed E-state index contributed by atoms with van der Waals surface area (Å²) in [5.41, 5.74) is -1.51. The maximum absolute atomic E-state index is 14.0. The number of carbonyl (C=O) groups excluding carboxylic acids is 2. The molecule has 4 rings (SSSR count). The van der Waals surface area contributed by atoms with Gasteiger partial charge in [0.2, 0.25) is 10.0 Å². The van der Waals surface area contributed by atoms with E-state index in [4.69, 9.17) is 9.47 Å². The summed E-state index contributed by atoms with van der Waals surface area (Å²) in [5.74, 6) is -0.902. The number of hydrogen-bond donors (Lipinski definition) is 1. The predicted octanol–water partition coefficient (Wildman–Crippen LogP) is 3.19. The van der Waals surface area contributed by atoms with Crippen molar-refractivity contribution in [3.05, 3.63) is 71.0 Å². The number of allylic oxidation sites excluding steroid dienone is 2. The van der Waals surface area contributed by atoms with Crippen LogP contribution in [0.5, 0.6) is 0 Å². The number of likely N-dealkylation sites (tertiary alicyclic amines) is 1. The summed E-state index contributed by atoms with van der Waals surface area (Å²) in [7, 11) is -2.80. The Bertz CT molecular complexity index is 1340. The zero-order valence-corrected chi connectivity index (χ0v) is 23.7. The van der Waals surface area contributed by atoms with Crippen molar-refractivity contribution in [1.29, 1.82) is 0 Å². The molecule has 41 heavy (non-hydrogen) atoms. The highest BCUT2D eigenvalue weighted by Crippen LogP contribution is 2.49. The van der Waals surface area contributed by atoms with Gasteiger partial charge in [0.1, 0.15) is 18.5 Å². The van der Waals surface area contributed by atoms with E-state index in [0.717, 1.165) is 25.0 Å². The average molecular weight is 590 g/mol. The molecule has 0 saturated carbocycles. The largest absolute Gasteiger partial charge is 0.498 e. The highest BCUT2D eigenvalue weighted by molar-refractivity contribution is 7.89. The molecular weight excluding hydrogens is 554 g/mol. The molecule has 0 unspecified atom stereocenters. The van der Waals surface area contributed by atoms with Crippen molar-refractivity contribution < 1.29 is 37.5 Å². The molecule has 2 aliphatic heterocycles. The zero-order valence-electron chi connectivity index (χ0n) is 22.9. The number of sulfonamides is 1. The number of non-ortho nitro benzene ring substituents is 1. The third-order valence-corrected chi connectivity index (χ3v) is 10.0. The molecule has 0 radical (unpaired) electrons. The standard InChI is InChI=1S/C28H35N3O9S/c1-3-16-40-27(34)29-15-13-23-24(32)17-25(39-2)26(33)28(23,19-29)18-21-8-6-4-5-7-14-30(21)41(37,38)22-11-9-20(10-12-22)31(35)36/h3,6,8-12,17,21,23,26,33H,1,4-5,7,13-16,18-19H2,2H3/b8-6-/t21-,23-,26+,28-/m0/s1. The molecule has 2 heterocycles. The number of piperidine rings is 1. The second-order valence-electron chi connectivity index (χ2n) is 10.5. The average Bonchev–Trinajstić information content (AvgIpc) is 2.94. The van der Waals surface area contributed by atoms with Crippen molar-refractivity contribution in [2.75, 3.05) is 33.4 Å². The quantitative estimate of drug-likeness (QED) is 0.273. The first-order valence-corrected chi connectivity index (χ1v) is 14.9. The Hall–Kier alpha value is -3.55. The van der Waals surface area contributed by atoms with E-state index in [0.29, 0.717) is 6.42 Å². The Morgan fingerprint density at radius 2 is 2.00 bits per heavy atom. The van der Waals surface area contributed by atoms with Crippen molar-refractivity contribution in [3.8, 4) is 0 Å². The molecule has 0 aromatic heterocycles. The summed E-state index contributed by atoms with van der Waals surface area (Å²) in [4.78, 5) is 38.0. The van der Waals surface area contributed by atoms with Gasteiger partial charge in [0.25, 0.3) is 5.69 Å². The lowest BCUT2D eigenvalue weighted by molar-refractivity contribution is -0.384. The Morgan fingerprint density at radius 1 is 1.27 bits per heavy atom. The minimum absolute atomic E-state index is 0.0108. The first-order chi connectivity index (χ1) is 19.5. The van der Waals surface area contributed by atoms with E-state index in [9.17, 15) is 33.2 Å². The molecule has 3 aliphatic rings. The van der Waals surface area contributed by atoms with E-state index >= 15 is 0 Å². The molecule has 1 amide bonds. The maximum Gasteiger partial charge on any atom is 0.410 e. The fraction of sp³-hybridized carbons (Fsp3) is 0.500. The van der Waals surface area contributed by atoms with Gasteiger partial charge in [0, 0.05) is 55.2 Å². The number of nitrogens with zero attached hydrogens (tertiary/aromatic N) is 3. The molecule has 0 spiro atoms. The molecule has 1 aliphatic carbocycles. The van der Waals surface area contributed by atoms with Crippen LogP contribution in [0.1, 0.15) is 32.1 Å². The summed E-state index contributed by atoms with van der Waals surface area (Å²) in [6, 6.07) is 3.90. The molecule has 4 atom stereocenters. The Morgan fingerprint density at radius 3 is 2.66 bits per heavy atom. The van der Waals surface area contributed by atoms with Crippen molar-refractivity contribution >= 4 is 27.6 Å². The van der Waals surface area contributed by atoms with Gasteiger partial charge in [-0.25, -0.2) is 13.2 Å². The van der Waals surface area contributed by atoms with Crippen LogP contribution in [0.25, 0.3) is 0 Å². The van der Waals surface area contributed by atoms with E-state index in [1.165, 1.54) is 40.6 Å². The second kappa shape index (κ2) is 12.5. The van der Waals surface area contributed by atoms with Gasteiger partial charge in [-0.15, -0.1) is 0 Å². The van der Waals surface area contributed by atoms with Gasteiger partial charge in [0.15, 0.2) is 5.78 Å². The Balaban J connectivity index is 1.77. The monoisotopic (exact) mass is 589 g/mol. The van der Waals surface area contributed by atoms with Gasteiger partial charge in [0.05, 0.1) is 16.9 Å². The lowest BCUT2D eigenvalue weighted by Crippen LogP contribution is -2.62. The number of aliphatic hydroxyl groups is 1. The van der Waals surface area contributed by atoms with Gasteiger partial charge in [-0.05, 0) is 44.2 Å². The minimum Gasteiger partial charge on any atom is -0.498 e. The van der Waals surface area contributed by atoms with Crippen LogP contribution < -0.4 is 0 Å². The third-order valence-electron chi connectivity index (χ3n) is 8.10. The molecule has 13 heteroatoms. The predicted molar refractivity (Wildman–Crippen MR) is 148 cm³/mol. The topological polar surface area (TPSA) is 157 Å². The van der Waals surface area contributed by atoms with Crippen molar-refractivity contribution in [2.24, 2.45) is 11.3 Å². The fourth-order valence-corrected chi connectivity index (χ4v) is 7.69. The first kappa shape index (κ1) is 30.4. The minimum atomic E-state index is -4.15. The molecule has 1 aromatic rings. The number of ether oxygens (including phenoxy) is 2. The van der Waals surface area contributed by atoms with Crippen molar-refractivity contribution in [2.45, 2.75) is 49.1 Å². The lowest BCUT2D eigenvalue weighted by atomic mass is 9.59. The van der Waals surface area contributed by atoms with Gasteiger partial charge >= 0.3 is 6.09 Å². The summed E-state index contributed by atoms with van der Waals surface area (Å²) >= 11 is 0. The van der Waals surface area contributed by atoms with Crippen LogP contribution in [0.3, 0.4) is 0 Å². The van der Waals surface area contributed by atoms with Crippen LogP contribution in [-0.4, -0.2) is 85.0 Å². The smallest absolute Gasteiger partial charge is 0.410 e. The van der Waals surface area contributed by atoms with Gasteiger partial charge in [-0.3, -0.25) is 14.9 Å².